The van der Waals surface area contributed by atoms with Crippen molar-refractivity contribution in [3.63, 3.8) is 0 Å². The second kappa shape index (κ2) is 8.27. The van der Waals surface area contributed by atoms with Gasteiger partial charge in [-0.3, -0.25) is 14.9 Å². The summed E-state index contributed by atoms with van der Waals surface area (Å²) >= 11 is 8.55. The first kappa shape index (κ1) is 18.4. The number of rotatable bonds is 7. The number of nitrogens with zero attached hydrogens (tertiary/aromatic N) is 3. The van der Waals surface area contributed by atoms with E-state index in [1.54, 1.807) is 0 Å². The van der Waals surface area contributed by atoms with Gasteiger partial charge in [-0.25, -0.2) is 0 Å². The molecule has 11 heteroatoms. The van der Waals surface area contributed by atoms with E-state index in [9.17, 15) is 14.9 Å². The topological polar surface area (TPSA) is 110 Å². The lowest BCUT2D eigenvalue weighted by Crippen LogP contribution is -2.14. The maximum Gasteiger partial charge on any atom is 0.271 e. The van der Waals surface area contributed by atoms with Crippen molar-refractivity contribution in [2.24, 2.45) is 0 Å². The Kier molecular flexibility index (Phi) is 6.35. The molecule has 0 aliphatic rings. The average Bonchev–Trinajstić information content (AvgIpc) is 2.93. The first-order chi connectivity index (χ1) is 11.3. The molecule has 128 valence electrons. The van der Waals surface area contributed by atoms with Crippen molar-refractivity contribution in [2.75, 3.05) is 16.4 Å². The number of anilines is 2. The third-order valence-corrected chi connectivity index (χ3v) is 4.88. The van der Waals surface area contributed by atoms with Gasteiger partial charge in [0, 0.05) is 18.2 Å². The van der Waals surface area contributed by atoms with Gasteiger partial charge in [-0.15, -0.1) is 10.2 Å². The van der Waals surface area contributed by atoms with Gasteiger partial charge < -0.3 is 10.6 Å². The fraction of sp³-hybridized carbons (Fsp3) is 0.308. The van der Waals surface area contributed by atoms with Crippen molar-refractivity contribution in [1.82, 2.24) is 10.2 Å². The number of thioether (sulfide) groups is 1. The molecule has 0 spiro atoms. The normalized spacial score (nSPS) is 10.7. The Morgan fingerprint density at radius 3 is 2.83 bits per heavy atom. The summed E-state index contributed by atoms with van der Waals surface area (Å²) in [4.78, 5) is 22.1. The molecule has 1 heterocycles. The molecule has 0 aliphatic heterocycles. The number of nitro groups is 1. The Morgan fingerprint density at radius 2 is 2.21 bits per heavy atom. The molecule has 2 rings (SSSR count). The van der Waals surface area contributed by atoms with Crippen LogP contribution in [0.2, 0.25) is 5.02 Å². The highest BCUT2D eigenvalue weighted by molar-refractivity contribution is 8.01. The number of aromatic nitrogens is 2. The highest BCUT2D eigenvalue weighted by Gasteiger charge is 2.13. The predicted molar refractivity (Wildman–Crippen MR) is 96.1 cm³/mol. The molecular weight excluding hydrogens is 374 g/mol. The van der Waals surface area contributed by atoms with Crippen molar-refractivity contribution in [1.29, 1.82) is 0 Å². The van der Waals surface area contributed by atoms with Gasteiger partial charge in [0.05, 0.1) is 21.4 Å². The van der Waals surface area contributed by atoms with E-state index in [1.807, 2.05) is 13.8 Å². The summed E-state index contributed by atoms with van der Waals surface area (Å²) in [7, 11) is 0. The minimum absolute atomic E-state index is 0.113. The van der Waals surface area contributed by atoms with Crippen LogP contribution in [-0.2, 0) is 4.79 Å². The van der Waals surface area contributed by atoms with Crippen LogP contribution in [0.1, 0.15) is 13.8 Å². The zero-order valence-corrected chi connectivity index (χ0v) is 15.2. The van der Waals surface area contributed by atoms with Gasteiger partial charge in [0.15, 0.2) is 4.34 Å². The fourth-order valence-electron chi connectivity index (χ4n) is 1.61. The molecule has 0 radical (unpaired) electrons. The molecule has 8 nitrogen and oxygen atoms in total. The number of carbonyl (C=O) groups is 1. The zero-order valence-electron chi connectivity index (χ0n) is 12.8. The SMILES string of the molecule is CC(C)Nc1nnc(SCC(=O)Nc2ccc([N+](=O)[O-])cc2Cl)s1. The largest absolute Gasteiger partial charge is 0.358 e. The Bertz CT molecular complexity index is 753. The molecule has 2 N–H and O–H groups in total. The first-order valence-electron chi connectivity index (χ1n) is 6.82. The van der Waals surface area contributed by atoms with Crippen LogP contribution in [0.4, 0.5) is 16.5 Å². The molecule has 0 saturated heterocycles. The fourth-order valence-corrected chi connectivity index (χ4v) is 3.53. The number of benzene rings is 1. The van der Waals surface area contributed by atoms with Gasteiger partial charge in [-0.2, -0.15) is 0 Å². The van der Waals surface area contributed by atoms with Gasteiger partial charge in [0.25, 0.3) is 5.69 Å². The van der Waals surface area contributed by atoms with Crippen LogP contribution >= 0.6 is 34.7 Å². The summed E-state index contributed by atoms with van der Waals surface area (Å²) in [5.41, 5.74) is 0.193. The summed E-state index contributed by atoms with van der Waals surface area (Å²) in [5, 5.41) is 25.2. The van der Waals surface area contributed by atoms with E-state index < -0.39 is 4.92 Å². The van der Waals surface area contributed by atoms with E-state index in [0.29, 0.717) is 15.2 Å². The van der Waals surface area contributed by atoms with Gasteiger partial charge in [0.2, 0.25) is 11.0 Å². The van der Waals surface area contributed by atoms with E-state index in [-0.39, 0.29) is 28.4 Å². The molecule has 1 aromatic heterocycles. The van der Waals surface area contributed by atoms with E-state index >= 15 is 0 Å². The smallest absolute Gasteiger partial charge is 0.271 e. The average molecular weight is 388 g/mol. The highest BCUT2D eigenvalue weighted by atomic mass is 35.5. The third kappa shape index (κ3) is 5.32. The van der Waals surface area contributed by atoms with E-state index in [1.165, 1.54) is 41.3 Å². The standard InChI is InChI=1S/C13H14ClN5O3S2/c1-7(2)15-12-17-18-13(24-12)23-6-11(20)16-10-4-3-8(19(21)22)5-9(10)14/h3-5,7H,6H2,1-2H3,(H,15,17)(H,16,20). The lowest BCUT2D eigenvalue weighted by atomic mass is 10.3. The molecule has 0 bridgehead atoms. The van der Waals surface area contributed by atoms with E-state index in [0.717, 1.165) is 0 Å². The molecule has 0 atom stereocenters. The molecule has 1 amide bonds. The Hall–Kier alpha value is -1.91. The number of nitrogens with one attached hydrogen (secondary N) is 2. The highest BCUT2D eigenvalue weighted by Crippen LogP contribution is 2.28. The van der Waals surface area contributed by atoms with Crippen LogP contribution in [0.25, 0.3) is 0 Å². The summed E-state index contributed by atoms with van der Waals surface area (Å²) in [6, 6.07) is 4.13. The lowest BCUT2D eigenvalue weighted by molar-refractivity contribution is -0.384. The van der Waals surface area contributed by atoms with Crippen LogP contribution < -0.4 is 10.6 Å². The van der Waals surface area contributed by atoms with Crippen LogP contribution in [0.3, 0.4) is 0 Å². The molecule has 0 fully saturated rings. The van der Waals surface area contributed by atoms with Crippen molar-refractivity contribution in [2.45, 2.75) is 24.2 Å². The summed E-state index contributed by atoms with van der Waals surface area (Å²) in [6.07, 6.45) is 0. The van der Waals surface area contributed by atoms with Crippen molar-refractivity contribution < 1.29 is 9.72 Å². The Labute approximate surface area is 151 Å². The van der Waals surface area contributed by atoms with Crippen LogP contribution in [0.15, 0.2) is 22.5 Å². The summed E-state index contributed by atoms with van der Waals surface area (Å²) in [5.74, 6) is -0.159. The number of hydrogen-bond donors (Lipinski definition) is 2. The van der Waals surface area contributed by atoms with Gasteiger partial charge in [-0.05, 0) is 19.9 Å². The number of nitro benzene ring substituents is 1. The van der Waals surface area contributed by atoms with E-state index in [4.69, 9.17) is 11.6 Å². The molecule has 0 saturated carbocycles. The number of halogens is 1. The maximum absolute atomic E-state index is 12.0. The van der Waals surface area contributed by atoms with Crippen molar-refractivity contribution in [3.8, 4) is 0 Å². The molecule has 2 aromatic rings. The number of non-ortho nitro benzene ring substituents is 1. The predicted octanol–water partition coefficient (Wildman–Crippen LogP) is 3.65. The van der Waals surface area contributed by atoms with Gasteiger partial charge in [-0.1, -0.05) is 34.7 Å². The molecule has 1 aromatic carbocycles. The number of carbonyl (C=O) groups excluding carboxylic acids is 1. The molecule has 0 aliphatic carbocycles. The second-order valence-corrected chi connectivity index (χ2v) is 7.54. The third-order valence-electron chi connectivity index (χ3n) is 2.58. The van der Waals surface area contributed by atoms with Crippen LogP contribution in [-0.4, -0.2) is 32.8 Å². The number of amides is 1. The number of hydrogen-bond acceptors (Lipinski definition) is 8. The van der Waals surface area contributed by atoms with Crippen molar-refractivity contribution >= 4 is 57.1 Å². The monoisotopic (exact) mass is 387 g/mol. The minimum atomic E-state index is -0.550. The summed E-state index contributed by atoms with van der Waals surface area (Å²) in [6.45, 7) is 3.99. The Balaban J connectivity index is 1.89. The van der Waals surface area contributed by atoms with Gasteiger partial charge in [0.1, 0.15) is 0 Å². The van der Waals surface area contributed by atoms with Crippen molar-refractivity contribution in [3.05, 3.63) is 33.3 Å². The van der Waals surface area contributed by atoms with Gasteiger partial charge >= 0.3 is 0 Å². The second-order valence-electron chi connectivity index (χ2n) is 4.93. The summed E-state index contributed by atoms with van der Waals surface area (Å²) < 4.78 is 0.670. The van der Waals surface area contributed by atoms with Crippen LogP contribution in [0, 0.1) is 10.1 Å². The molecule has 24 heavy (non-hydrogen) atoms. The minimum Gasteiger partial charge on any atom is -0.358 e. The first-order valence-corrected chi connectivity index (χ1v) is 9.00. The maximum atomic E-state index is 12.0. The zero-order chi connectivity index (χ0) is 17.7. The van der Waals surface area contributed by atoms with Crippen LogP contribution in [0.5, 0.6) is 0 Å². The molecular formula is C13H14ClN5O3S2. The quantitative estimate of drug-likeness (QED) is 0.423. The lowest BCUT2D eigenvalue weighted by Gasteiger charge is -2.06. The Morgan fingerprint density at radius 1 is 1.46 bits per heavy atom. The van der Waals surface area contributed by atoms with E-state index in [2.05, 4.69) is 20.8 Å². The molecule has 0 unspecified atom stereocenters.